The number of ether oxygens (including phenoxy) is 1. The smallest absolute Gasteiger partial charge is 0.304 e. The first-order valence-corrected chi connectivity index (χ1v) is 7.90. The fourth-order valence-electron chi connectivity index (χ4n) is 3.39. The van der Waals surface area contributed by atoms with E-state index in [2.05, 4.69) is 4.90 Å². The second kappa shape index (κ2) is 6.24. The molecule has 2 atom stereocenters. The molecule has 5 heteroatoms. The van der Waals surface area contributed by atoms with Crippen molar-refractivity contribution in [3.05, 3.63) is 28.8 Å². The zero-order valence-corrected chi connectivity index (χ0v) is 12.7. The minimum absolute atomic E-state index is 0.105. The van der Waals surface area contributed by atoms with Crippen LogP contribution in [0.2, 0.25) is 5.02 Å². The Labute approximate surface area is 129 Å². The fraction of sp³-hybridized carbons (Fsp3) is 0.562. The Hall–Kier alpha value is -1.26. The van der Waals surface area contributed by atoms with Gasteiger partial charge in [0.1, 0.15) is 11.9 Å². The van der Waals surface area contributed by atoms with Gasteiger partial charge in [-0.25, -0.2) is 0 Å². The van der Waals surface area contributed by atoms with E-state index in [1.165, 1.54) is 0 Å². The molecule has 0 aliphatic carbocycles. The molecule has 1 N–H and O–H groups in total. The van der Waals surface area contributed by atoms with E-state index in [0.717, 1.165) is 55.1 Å². The Bertz CT molecular complexity index is 534. The van der Waals surface area contributed by atoms with Gasteiger partial charge in [0, 0.05) is 24.0 Å². The molecular formula is C16H20ClNO3. The van der Waals surface area contributed by atoms with Crippen molar-refractivity contribution >= 4 is 17.6 Å². The number of carbonyl (C=O) groups is 1. The van der Waals surface area contributed by atoms with Crippen molar-refractivity contribution in [3.63, 3.8) is 0 Å². The van der Waals surface area contributed by atoms with E-state index in [0.29, 0.717) is 0 Å². The second-order valence-corrected chi connectivity index (χ2v) is 6.37. The number of carboxylic acid groups (broad SMARTS) is 1. The van der Waals surface area contributed by atoms with Crippen LogP contribution in [0.5, 0.6) is 5.75 Å². The van der Waals surface area contributed by atoms with Crippen molar-refractivity contribution in [3.8, 4) is 5.75 Å². The summed E-state index contributed by atoms with van der Waals surface area (Å²) in [6.07, 6.45) is 4.42. The van der Waals surface area contributed by atoms with E-state index in [4.69, 9.17) is 21.4 Å². The molecule has 2 aliphatic heterocycles. The van der Waals surface area contributed by atoms with Crippen molar-refractivity contribution in [2.24, 2.45) is 0 Å². The lowest BCUT2D eigenvalue weighted by atomic mass is 9.98. The molecule has 2 heterocycles. The molecule has 21 heavy (non-hydrogen) atoms. The average Bonchev–Trinajstić information content (AvgIpc) is 2.82. The summed E-state index contributed by atoms with van der Waals surface area (Å²) in [4.78, 5) is 13.3. The van der Waals surface area contributed by atoms with Crippen LogP contribution in [0.4, 0.5) is 0 Å². The Morgan fingerprint density at radius 1 is 1.43 bits per heavy atom. The Morgan fingerprint density at radius 2 is 2.29 bits per heavy atom. The number of hydrogen-bond donors (Lipinski definition) is 1. The van der Waals surface area contributed by atoms with Crippen LogP contribution in [-0.2, 0) is 11.2 Å². The number of aliphatic carboxylic acids is 1. The standard InChI is InChI=1S/C16H20ClNO3/c17-12-4-5-15-11(7-12)8-14(21-15)10-18-6-2-1-3-13(18)9-16(19)20/h4-5,7,13-14H,1-3,6,8-10H2,(H,19,20). The van der Waals surface area contributed by atoms with E-state index in [1.807, 2.05) is 18.2 Å². The van der Waals surface area contributed by atoms with Gasteiger partial charge >= 0.3 is 5.97 Å². The average molecular weight is 310 g/mol. The van der Waals surface area contributed by atoms with Crippen LogP contribution in [0.3, 0.4) is 0 Å². The molecule has 2 aliphatic rings. The summed E-state index contributed by atoms with van der Waals surface area (Å²) in [6, 6.07) is 5.87. The Balaban J connectivity index is 1.62. The lowest BCUT2D eigenvalue weighted by molar-refractivity contribution is -0.138. The first-order valence-electron chi connectivity index (χ1n) is 7.53. The largest absolute Gasteiger partial charge is 0.488 e. The highest BCUT2D eigenvalue weighted by Gasteiger charge is 2.30. The van der Waals surface area contributed by atoms with Gasteiger partial charge in [0.05, 0.1) is 6.42 Å². The number of benzene rings is 1. The maximum Gasteiger partial charge on any atom is 0.304 e. The van der Waals surface area contributed by atoms with Gasteiger partial charge in [0.15, 0.2) is 0 Å². The van der Waals surface area contributed by atoms with Crippen LogP contribution in [0, 0.1) is 0 Å². The molecule has 114 valence electrons. The van der Waals surface area contributed by atoms with Crippen molar-refractivity contribution in [1.29, 1.82) is 0 Å². The summed E-state index contributed by atoms with van der Waals surface area (Å²) in [5.74, 6) is 0.200. The molecule has 0 bridgehead atoms. The van der Waals surface area contributed by atoms with Crippen LogP contribution in [0.1, 0.15) is 31.2 Å². The maximum absolute atomic E-state index is 11.0. The van der Waals surface area contributed by atoms with Gasteiger partial charge in [0.25, 0.3) is 0 Å². The third-order valence-corrected chi connectivity index (χ3v) is 4.60. The lowest BCUT2D eigenvalue weighted by Crippen LogP contribution is -2.45. The number of fused-ring (bicyclic) bond motifs is 1. The molecule has 2 unspecified atom stereocenters. The lowest BCUT2D eigenvalue weighted by Gasteiger charge is -2.36. The van der Waals surface area contributed by atoms with Crippen molar-refractivity contribution < 1.29 is 14.6 Å². The Morgan fingerprint density at radius 3 is 3.10 bits per heavy atom. The summed E-state index contributed by atoms with van der Waals surface area (Å²) in [6.45, 7) is 1.76. The molecule has 4 nitrogen and oxygen atoms in total. The number of carboxylic acids is 1. The molecule has 0 amide bonds. The highest BCUT2D eigenvalue weighted by Crippen LogP contribution is 2.32. The van der Waals surface area contributed by atoms with Crippen LogP contribution in [-0.4, -0.2) is 41.2 Å². The van der Waals surface area contributed by atoms with Crippen LogP contribution < -0.4 is 4.74 Å². The molecule has 0 saturated carbocycles. The predicted octanol–water partition coefficient (Wildman–Crippen LogP) is 2.97. The SMILES string of the molecule is O=C(O)CC1CCCCN1CC1Cc2cc(Cl)ccc2O1. The van der Waals surface area contributed by atoms with Gasteiger partial charge in [-0.15, -0.1) is 0 Å². The van der Waals surface area contributed by atoms with Gasteiger partial charge in [-0.05, 0) is 43.1 Å². The van der Waals surface area contributed by atoms with E-state index in [1.54, 1.807) is 0 Å². The topological polar surface area (TPSA) is 49.8 Å². The number of hydrogen-bond acceptors (Lipinski definition) is 3. The zero-order chi connectivity index (χ0) is 14.8. The highest BCUT2D eigenvalue weighted by molar-refractivity contribution is 6.30. The van der Waals surface area contributed by atoms with E-state index in [9.17, 15) is 4.79 Å². The second-order valence-electron chi connectivity index (χ2n) is 5.94. The minimum atomic E-state index is -0.714. The van der Waals surface area contributed by atoms with Crippen molar-refractivity contribution in [1.82, 2.24) is 4.90 Å². The van der Waals surface area contributed by atoms with Gasteiger partial charge in [-0.2, -0.15) is 0 Å². The molecule has 1 aromatic rings. The van der Waals surface area contributed by atoms with Gasteiger partial charge in [-0.1, -0.05) is 18.0 Å². The third-order valence-electron chi connectivity index (χ3n) is 4.36. The van der Waals surface area contributed by atoms with Crippen molar-refractivity contribution in [2.45, 2.75) is 44.2 Å². The monoisotopic (exact) mass is 309 g/mol. The van der Waals surface area contributed by atoms with Gasteiger partial charge in [0.2, 0.25) is 0 Å². The van der Waals surface area contributed by atoms with Crippen LogP contribution in [0.25, 0.3) is 0 Å². The van der Waals surface area contributed by atoms with E-state index < -0.39 is 5.97 Å². The van der Waals surface area contributed by atoms with E-state index in [-0.39, 0.29) is 18.6 Å². The predicted molar refractivity (Wildman–Crippen MR) is 81.0 cm³/mol. The quantitative estimate of drug-likeness (QED) is 0.929. The molecule has 0 aromatic heterocycles. The summed E-state index contributed by atoms with van der Waals surface area (Å²) in [5, 5.41) is 9.78. The summed E-state index contributed by atoms with van der Waals surface area (Å²) >= 11 is 6.01. The maximum atomic E-state index is 11.0. The number of rotatable bonds is 4. The van der Waals surface area contributed by atoms with E-state index >= 15 is 0 Å². The number of nitrogens with zero attached hydrogens (tertiary/aromatic N) is 1. The number of likely N-dealkylation sites (tertiary alicyclic amines) is 1. The third kappa shape index (κ3) is 3.50. The number of piperidine rings is 1. The first-order chi connectivity index (χ1) is 10.1. The molecule has 0 spiro atoms. The summed E-state index contributed by atoms with van der Waals surface area (Å²) in [5.41, 5.74) is 1.15. The first kappa shape index (κ1) is 14.7. The van der Waals surface area contributed by atoms with Crippen LogP contribution >= 0.6 is 11.6 Å². The summed E-state index contributed by atoms with van der Waals surface area (Å²) < 4.78 is 5.97. The molecule has 1 aromatic carbocycles. The zero-order valence-electron chi connectivity index (χ0n) is 11.9. The highest BCUT2D eigenvalue weighted by atomic mass is 35.5. The minimum Gasteiger partial charge on any atom is -0.488 e. The Kier molecular flexibility index (Phi) is 4.36. The molecular weight excluding hydrogens is 290 g/mol. The molecule has 0 radical (unpaired) electrons. The van der Waals surface area contributed by atoms with Gasteiger partial charge < -0.3 is 9.84 Å². The van der Waals surface area contributed by atoms with Crippen molar-refractivity contribution in [2.75, 3.05) is 13.1 Å². The fourth-order valence-corrected chi connectivity index (χ4v) is 3.58. The normalized spacial score (nSPS) is 25.4. The van der Waals surface area contributed by atoms with Crippen LogP contribution in [0.15, 0.2) is 18.2 Å². The molecule has 3 rings (SSSR count). The molecule has 1 fully saturated rings. The summed E-state index contributed by atoms with van der Waals surface area (Å²) in [7, 11) is 0. The number of halogens is 1. The molecule has 1 saturated heterocycles. The van der Waals surface area contributed by atoms with Gasteiger partial charge in [-0.3, -0.25) is 9.69 Å².